The van der Waals surface area contributed by atoms with Gasteiger partial charge in [-0.25, -0.2) is 4.79 Å². The van der Waals surface area contributed by atoms with Crippen LogP contribution in [0.2, 0.25) is 0 Å². The van der Waals surface area contributed by atoms with Gasteiger partial charge in [-0.2, -0.15) is 0 Å². The van der Waals surface area contributed by atoms with Gasteiger partial charge in [0.1, 0.15) is 6.61 Å². The van der Waals surface area contributed by atoms with Gasteiger partial charge in [-0.3, -0.25) is 9.59 Å². The molecule has 0 spiro atoms. The molecule has 1 fully saturated rings. The van der Waals surface area contributed by atoms with Crippen molar-refractivity contribution in [1.29, 1.82) is 0 Å². The standard InChI is InChI=1S/C28H32N2O5/c1-3-28(26(32)33)13-16-30(17-14-28)25(31)19(2)12-15-29-27(34)35-18-24-22-10-6-4-8-20(22)21-9-5-7-11-23(21)24/h4-12,24H,3,13-18H2,1-2H3,(H,29,34)(H,32,33)/b19-12+. The summed E-state index contributed by atoms with van der Waals surface area (Å²) in [5.74, 6) is -0.923. The summed E-state index contributed by atoms with van der Waals surface area (Å²) >= 11 is 0. The van der Waals surface area contributed by atoms with E-state index in [2.05, 4.69) is 29.6 Å². The minimum atomic E-state index is -0.786. The predicted octanol–water partition coefficient (Wildman–Crippen LogP) is 4.57. The Kier molecular flexibility index (Phi) is 7.24. The highest BCUT2D eigenvalue weighted by molar-refractivity contribution is 5.93. The maximum atomic E-state index is 12.7. The van der Waals surface area contributed by atoms with Gasteiger partial charge in [0.2, 0.25) is 5.91 Å². The molecule has 2 aliphatic rings. The van der Waals surface area contributed by atoms with Gasteiger partial charge in [0, 0.05) is 31.1 Å². The molecular formula is C28H32N2O5. The Morgan fingerprint density at radius 2 is 1.63 bits per heavy atom. The zero-order valence-corrected chi connectivity index (χ0v) is 20.3. The Morgan fingerprint density at radius 1 is 1.06 bits per heavy atom. The molecule has 1 heterocycles. The molecule has 7 heteroatoms. The Labute approximate surface area is 205 Å². The fourth-order valence-electron chi connectivity index (χ4n) is 5.13. The molecule has 0 unspecified atom stereocenters. The number of amides is 2. The highest BCUT2D eigenvalue weighted by atomic mass is 16.5. The quantitative estimate of drug-likeness (QED) is 0.571. The van der Waals surface area contributed by atoms with Crippen molar-refractivity contribution in [3.05, 3.63) is 71.3 Å². The van der Waals surface area contributed by atoms with Crippen LogP contribution in [0.3, 0.4) is 0 Å². The van der Waals surface area contributed by atoms with Crippen molar-refractivity contribution in [2.24, 2.45) is 5.41 Å². The van der Waals surface area contributed by atoms with E-state index < -0.39 is 17.5 Å². The average Bonchev–Trinajstić information content (AvgIpc) is 3.20. The number of carboxylic acid groups (broad SMARTS) is 1. The van der Waals surface area contributed by atoms with E-state index in [4.69, 9.17) is 4.74 Å². The minimum absolute atomic E-state index is 0.00727. The number of carbonyl (C=O) groups excluding carboxylic acids is 2. The molecule has 0 atom stereocenters. The zero-order chi connectivity index (χ0) is 25.0. The largest absolute Gasteiger partial charge is 0.481 e. The number of carboxylic acids is 1. The molecule has 1 saturated heterocycles. The molecule has 2 aromatic carbocycles. The van der Waals surface area contributed by atoms with E-state index >= 15 is 0 Å². The number of rotatable bonds is 7. The van der Waals surface area contributed by atoms with Crippen LogP contribution in [0, 0.1) is 5.41 Å². The van der Waals surface area contributed by atoms with Crippen LogP contribution < -0.4 is 5.32 Å². The topological polar surface area (TPSA) is 95.9 Å². The highest BCUT2D eigenvalue weighted by Gasteiger charge is 2.40. The molecule has 2 N–H and O–H groups in total. The zero-order valence-electron chi connectivity index (χ0n) is 20.3. The van der Waals surface area contributed by atoms with E-state index in [-0.39, 0.29) is 25.0 Å². The van der Waals surface area contributed by atoms with Crippen LogP contribution in [0.15, 0.2) is 60.2 Å². The number of aliphatic carboxylic acids is 1. The minimum Gasteiger partial charge on any atom is -0.481 e. The molecule has 184 valence electrons. The first kappa shape index (κ1) is 24.5. The number of nitrogens with one attached hydrogen (secondary N) is 1. The number of piperidine rings is 1. The van der Waals surface area contributed by atoms with Crippen molar-refractivity contribution < 1.29 is 24.2 Å². The van der Waals surface area contributed by atoms with Gasteiger partial charge in [0.25, 0.3) is 0 Å². The number of likely N-dealkylation sites (tertiary alicyclic amines) is 1. The third-order valence-electron chi connectivity index (χ3n) is 7.47. The van der Waals surface area contributed by atoms with E-state index in [1.54, 1.807) is 17.9 Å². The molecule has 0 radical (unpaired) electrons. The summed E-state index contributed by atoms with van der Waals surface area (Å²) in [6.07, 6.45) is 2.60. The van der Waals surface area contributed by atoms with Gasteiger partial charge >= 0.3 is 12.1 Å². The van der Waals surface area contributed by atoms with E-state index in [0.717, 1.165) is 11.1 Å². The second-order valence-corrected chi connectivity index (χ2v) is 9.32. The van der Waals surface area contributed by atoms with Crippen LogP contribution in [-0.4, -0.2) is 54.2 Å². The van der Waals surface area contributed by atoms with Gasteiger partial charge in [-0.1, -0.05) is 61.5 Å². The van der Waals surface area contributed by atoms with Crippen LogP contribution in [0.5, 0.6) is 0 Å². The Bertz CT molecular complexity index is 1100. The normalized spacial score (nSPS) is 16.9. The van der Waals surface area contributed by atoms with Crippen molar-refractivity contribution in [2.75, 3.05) is 26.2 Å². The van der Waals surface area contributed by atoms with E-state index in [9.17, 15) is 19.5 Å². The number of nitrogens with zero attached hydrogens (tertiary/aromatic N) is 1. The van der Waals surface area contributed by atoms with Gasteiger partial charge in [0.15, 0.2) is 0 Å². The van der Waals surface area contributed by atoms with Gasteiger partial charge in [-0.15, -0.1) is 0 Å². The second-order valence-electron chi connectivity index (χ2n) is 9.32. The summed E-state index contributed by atoms with van der Waals surface area (Å²) < 4.78 is 5.53. The third kappa shape index (κ3) is 4.94. The lowest BCUT2D eigenvalue weighted by molar-refractivity contribution is -0.154. The first-order valence-corrected chi connectivity index (χ1v) is 12.1. The number of alkyl carbamates (subject to hydrolysis) is 1. The first-order valence-electron chi connectivity index (χ1n) is 12.1. The molecule has 0 aromatic heterocycles. The third-order valence-corrected chi connectivity index (χ3v) is 7.47. The summed E-state index contributed by atoms with van der Waals surface area (Å²) in [5.41, 5.74) is 4.43. The fourth-order valence-corrected chi connectivity index (χ4v) is 5.13. The lowest BCUT2D eigenvalue weighted by atomic mass is 9.76. The van der Waals surface area contributed by atoms with Gasteiger partial charge in [-0.05, 0) is 48.4 Å². The Morgan fingerprint density at radius 3 is 2.17 bits per heavy atom. The summed E-state index contributed by atoms with van der Waals surface area (Å²) in [5, 5.41) is 12.2. The van der Waals surface area contributed by atoms with Gasteiger partial charge < -0.3 is 20.1 Å². The SMILES string of the molecule is CCC1(C(=O)O)CCN(C(=O)/C(C)=C/CNC(=O)OCC2c3ccccc3-c3ccccc32)CC1. The van der Waals surface area contributed by atoms with Crippen molar-refractivity contribution in [1.82, 2.24) is 10.2 Å². The lowest BCUT2D eigenvalue weighted by Gasteiger charge is -2.38. The van der Waals surface area contributed by atoms with E-state index in [0.29, 0.717) is 37.9 Å². The highest BCUT2D eigenvalue weighted by Crippen LogP contribution is 2.44. The van der Waals surface area contributed by atoms with Crippen molar-refractivity contribution in [3.8, 4) is 11.1 Å². The monoisotopic (exact) mass is 476 g/mol. The van der Waals surface area contributed by atoms with Crippen LogP contribution >= 0.6 is 0 Å². The summed E-state index contributed by atoms with van der Waals surface area (Å²) in [6, 6.07) is 16.3. The molecule has 1 aliphatic heterocycles. The van der Waals surface area contributed by atoms with Gasteiger partial charge in [0.05, 0.1) is 5.41 Å². The average molecular weight is 477 g/mol. The second kappa shape index (κ2) is 10.3. The molecule has 0 bridgehead atoms. The molecule has 4 rings (SSSR count). The molecule has 2 amide bonds. The van der Waals surface area contributed by atoms with Crippen molar-refractivity contribution in [2.45, 2.75) is 39.0 Å². The number of carbonyl (C=O) groups is 3. The van der Waals surface area contributed by atoms with Crippen LogP contribution in [0.1, 0.15) is 50.2 Å². The maximum Gasteiger partial charge on any atom is 0.407 e. The van der Waals surface area contributed by atoms with Crippen molar-refractivity contribution in [3.63, 3.8) is 0 Å². The van der Waals surface area contributed by atoms with E-state index in [1.165, 1.54) is 11.1 Å². The summed E-state index contributed by atoms with van der Waals surface area (Å²) in [4.78, 5) is 38.4. The predicted molar refractivity (Wildman–Crippen MR) is 133 cm³/mol. The molecular weight excluding hydrogens is 444 g/mol. The van der Waals surface area contributed by atoms with Crippen LogP contribution in [0.25, 0.3) is 11.1 Å². The first-order chi connectivity index (χ1) is 16.9. The van der Waals surface area contributed by atoms with Crippen LogP contribution in [0.4, 0.5) is 4.79 Å². The number of fused-ring (bicyclic) bond motifs is 3. The summed E-state index contributed by atoms with van der Waals surface area (Å²) in [7, 11) is 0. The molecule has 2 aromatic rings. The van der Waals surface area contributed by atoms with Crippen molar-refractivity contribution >= 4 is 18.0 Å². The smallest absolute Gasteiger partial charge is 0.407 e. The number of hydrogen-bond donors (Lipinski definition) is 2. The van der Waals surface area contributed by atoms with E-state index in [1.807, 2.05) is 31.2 Å². The number of benzene rings is 2. The lowest BCUT2D eigenvalue weighted by Crippen LogP contribution is -2.46. The molecule has 0 saturated carbocycles. The van der Waals surface area contributed by atoms with Crippen LogP contribution in [-0.2, 0) is 14.3 Å². The number of ether oxygens (including phenoxy) is 1. The fraction of sp³-hybridized carbons (Fsp3) is 0.393. The molecule has 35 heavy (non-hydrogen) atoms. The Hall–Kier alpha value is -3.61. The summed E-state index contributed by atoms with van der Waals surface area (Å²) in [6.45, 7) is 4.84. The maximum absolute atomic E-state index is 12.7. The Balaban J connectivity index is 1.27. The molecule has 7 nitrogen and oxygen atoms in total. The molecule has 1 aliphatic carbocycles. The number of hydrogen-bond acceptors (Lipinski definition) is 4.